The lowest BCUT2D eigenvalue weighted by atomic mass is 9.95. The smallest absolute Gasteiger partial charge is 0.327 e. The van der Waals surface area contributed by atoms with E-state index in [1.54, 1.807) is 26.8 Å². The fourth-order valence-corrected chi connectivity index (χ4v) is 6.35. The van der Waals surface area contributed by atoms with Crippen LogP contribution in [-0.4, -0.2) is 102 Å². The maximum absolute atomic E-state index is 13.4. The molecule has 6 amide bonds. The van der Waals surface area contributed by atoms with Crippen LogP contribution >= 0.6 is 11.8 Å². The molecule has 1 aromatic carbocycles. The van der Waals surface area contributed by atoms with E-state index in [-0.39, 0.29) is 25.2 Å². The third-order valence-electron chi connectivity index (χ3n) is 6.71. The SMILES string of the molecule is CCN1CCN(C(=O)NC(O)(C(=O)N[C@@H]2C(=O)N3[C@@H]2SC(C)(C)[C@@H]3C(=O)O)c2ccccc2)C(=O)C1=O. The van der Waals surface area contributed by atoms with Crippen LogP contribution in [0.15, 0.2) is 30.3 Å². The Balaban J connectivity index is 1.56. The molecule has 0 saturated carbocycles. The number of hydrogen-bond acceptors (Lipinski definition) is 8. The summed E-state index contributed by atoms with van der Waals surface area (Å²) in [7, 11) is 0. The van der Waals surface area contributed by atoms with Crippen LogP contribution in [0.25, 0.3) is 0 Å². The number of imide groups is 1. The number of likely N-dealkylation sites (N-methyl/N-ethyl adjacent to an activating group) is 1. The molecule has 0 bridgehead atoms. The Morgan fingerprint density at radius 2 is 1.76 bits per heavy atom. The molecule has 198 valence electrons. The molecule has 37 heavy (non-hydrogen) atoms. The average Bonchev–Trinajstić information content (AvgIpc) is 3.12. The minimum absolute atomic E-state index is 0.0572. The molecule has 3 saturated heterocycles. The van der Waals surface area contributed by atoms with Gasteiger partial charge in [-0.05, 0) is 20.8 Å². The number of carboxylic acid groups (broad SMARTS) is 1. The Kier molecular flexibility index (Phi) is 6.67. The zero-order valence-electron chi connectivity index (χ0n) is 20.3. The summed E-state index contributed by atoms with van der Waals surface area (Å²) in [5, 5.41) is 24.9. The van der Waals surface area contributed by atoms with Crippen molar-refractivity contribution in [2.24, 2.45) is 0 Å². The number of nitrogens with one attached hydrogen (secondary N) is 2. The Hall–Kier alpha value is -3.65. The van der Waals surface area contributed by atoms with Gasteiger partial charge < -0.3 is 25.3 Å². The molecule has 3 fully saturated rings. The van der Waals surface area contributed by atoms with Crippen molar-refractivity contribution in [3.8, 4) is 0 Å². The second-order valence-corrected chi connectivity index (χ2v) is 11.2. The van der Waals surface area contributed by atoms with Gasteiger partial charge >= 0.3 is 23.8 Å². The molecule has 4 N–H and O–H groups in total. The third-order valence-corrected chi connectivity index (χ3v) is 8.28. The number of piperazine rings is 1. The lowest BCUT2D eigenvalue weighted by Gasteiger charge is -2.44. The van der Waals surface area contributed by atoms with E-state index in [2.05, 4.69) is 10.6 Å². The molecule has 0 spiro atoms. The number of aliphatic hydroxyl groups is 1. The molecular formula is C23H27N5O8S. The Morgan fingerprint density at radius 3 is 2.35 bits per heavy atom. The highest BCUT2D eigenvalue weighted by Crippen LogP contribution is 2.50. The molecule has 1 unspecified atom stereocenters. The molecule has 4 rings (SSSR count). The van der Waals surface area contributed by atoms with Gasteiger partial charge in [-0.2, -0.15) is 0 Å². The first-order chi connectivity index (χ1) is 17.3. The van der Waals surface area contributed by atoms with Gasteiger partial charge in [-0.25, -0.2) is 9.59 Å². The number of thioether (sulfide) groups is 1. The van der Waals surface area contributed by atoms with E-state index in [1.165, 1.54) is 45.8 Å². The van der Waals surface area contributed by atoms with Crippen molar-refractivity contribution >= 4 is 47.4 Å². The van der Waals surface area contributed by atoms with Crippen molar-refractivity contribution in [2.75, 3.05) is 19.6 Å². The minimum Gasteiger partial charge on any atom is -0.480 e. The molecule has 0 aromatic heterocycles. The van der Waals surface area contributed by atoms with Crippen molar-refractivity contribution in [3.05, 3.63) is 35.9 Å². The van der Waals surface area contributed by atoms with E-state index < -0.39 is 63.6 Å². The van der Waals surface area contributed by atoms with Gasteiger partial charge in [-0.3, -0.25) is 29.4 Å². The molecule has 3 heterocycles. The van der Waals surface area contributed by atoms with Crippen molar-refractivity contribution < 1.29 is 39.0 Å². The highest BCUT2D eigenvalue weighted by Gasteiger charge is 2.64. The number of β-lactam (4-membered cyclic amide) rings is 1. The van der Waals surface area contributed by atoms with Gasteiger partial charge in [0.15, 0.2) is 0 Å². The van der Waals surface area contributed by atoms with Crippen molar-refractivity contribution in [3.63, 3.8) is 0 Å². The van der Waals surface area contributed by atoms with Crippen LogP contribution in [0.4, 0.5) is 4.79 Å². The van der Waals surface area contributed by atoms with E-state index in [1.807, 2.05) is 0 Å². The highest BCUT2D eigenvalue weighted by molar-refractivity contribution is 8.01. The highest BCUT2D eigenvalue weighted by atomic mass is 32.2. The lowest BCUT2D eigenvalue weighted by molar-refractivity contribution is -0.163. The van der Waals surface area contributed by atoms with Gasteiger partial charge in [0.25, 0.3) is 5.91 Å². The van der Waals surface area contributed by atoms with Crippen LogP contribution in [-0.2, 0) is 29.7 Å². The van der Waals surface area contributed by atoms with E-state index in [9.17, 15) is 39.0 Å². The predicted molar refractivity (Wildman–Crippen MR) is 128 cm³/mol. The van der Waals surface area contributed by atoms with Crippen LogP contribution in [0.3, 0.4) is 0 Å². The number of urea groups is 1. The molecule has 4 atom stereocenters. The number of carbonyl (C=O) groups excluding carboxylic acids is 5. The van der Waals surface area contributed by atoms with Crippen molar-refractivity contribution in [1.82, 2.24) is 25.3 Å². The first-order valence-corrected chi connectivity index (χ1v) is 12.5. The quantitative estimate of drug-likeness (QED) is 0.200. The van der Waals surface area contributed by atoms with Crippen LogP contribution in [0, 0.1) is 0 Å². The third kappa shape index (κ3) is 4.29. The summed E-state index contributed by atoms with van der Waals surface area (Å²) < 4.78 is -0.830. The van der Waals surface area contributed by atoms with E-state index in [0.29, 0.717) is 4.90 Å². The van der Waals surface area contributed by atoms with E-state index in [4.69, 9.17) is 0 Å². The van der Waals surface area contributed by atoms with E-state index in [0.717, 1.165) is 0 Å². The first kappa shape index (κ1) is 26.4. The number of benzene rings is 1. The number of fused-ring (bicyclic) bond motifs is 1. The summed E-state index contributed by atoms with van der Waals surface area (Å²) in [4.78, 5) is 78.7. The molecular weight excluding hydrogens is 506 g/mol. The Morgan fingerprint density at radius 1 is 1.11 bits per heavy atom. The van der Waals surface area contributed by atoms with Gasteiger partial charge in [-0.15, -0.1) is 11.8 Å². The van der Waals surface area contributed by atoms with Gasteiger partial charge in [0.05, 0.1) is 0 Å². The normalized spacial score (nSPS) is 26.2. The van der Waals surface area contributed by atoms with Crippen molar-refractivity contribution in [1.29, 1.82) is 0 Å². The zero-order valence-corrected chi connectivity index (χ0v) is 21.2. The van der Waals surface area contributed by atoms with Crippen LogP contribution < -0.4 is 10.6 Å². The molecule has 3 aliphatic heterocycles. The number of amides is 6. The molecule has 1 aromatic rings. The maximum atomic E-state index is 13.4. The second kappa shape index (κ2) is 9.34. The number of carbonyl (C=O) groups is 6. The van der Waals surface area contributed by atoms with E-state index >= 15 is 0 Å². The number of aliphatic carboxylic acids is 1. The molecule has 0 aliphatic carbocycles. The fraction of sp³-hybridized carbons (Fsp3) is 0.478. The molecule has 14 heteroatoms. The van der Waals surface area contributed by atoms with Crippen molar-refractivity contribution in [2.45, 2.75) is 48.7 Å². The largest absolute Gasteiger partial charge is 0.480 e. The Labute approximate surface area is 216 Å². The monoisotopic (exact) mass is 533 g/mol. The molecule has 13 nitrogen and oxygen atoms in total. The second-order valence-electron chi connectivity index (χ2n) is 9.40. The fourth-order valence-electron chi connectivity index (χ4n) is 4.72. The number of nitrogens with zero attached hydrogens (tertiary/aromatic N) is 3. The average molecular weight is 534 g/mol. The van der Waals surface area contributed by atoms with Crippen LogP contribution in [0.1, 0.15) is 26.3 Å². The number of carboxylic acids is 1. The van der Waals surface area contributed by atoms with Gasteiger partial charge in [-0.1, -0.05) is 30.3 Å². The lowest BCUT2D eigenvalue weighted by Crippen LogP contribution is -2.73. The Bertz CT molecular complexity index is 1180. The topological polar surface area (TPSA) is 177 Å². The zero-order chi connectivity index (χ0) is 27.3. The standard InChI is InChI=1S/C23H27N5O8S/c1-4-26-10-11-27(17(31)16(26)30)21(35)25-23(36,12-8-6-5-7-9-12)20(34)24-13-15(29)28-14(19(32)33)22(2,3)37-18(13)28/h5-9,13-14,18,36H,4,10-11H2,1-3H3,(H,24,34)(H,25,35)(H,32,33)/t13-,14+,18-,23?/m1/s1. The summed E-state index contributed by atoms with van der Waals surface area (Å²) in [5.41, 5.74) is -2.77. The van der Waals surface area contributed by atoms with Crippen LogP contribution in [0.5, 0.6) is 0 Å². The summed E-state index contributed by atoms with van der Waals surface area (Å²) in [5.74, 6) is -4.95. The number of rotatable bonds is 6. The van der Waals surface area contributed by atoms with Gasteiger partial charge in [0.1, 0.15) is 17.5 Å². The summed E-state index contributed by atoms with van der Waals surface area (Å²) in [6.07, 6.45) is 0. The summed E-state index contributed by atoms with van der Waals surface area (Å²) in [6, 6.07) is 3.96. The molecule has 3 aliphatic rings. The minimum atomic E-state index is -2.71. The molecule has 0 radical (unpaired) electrons. The predicted octanol–water partition coefficient (Wildman–Crippen LogP) is -1.14. The van der Waals surface area contributed by atoms with Crippen LogP contribution in [0.2, 0.25) is 0 Å². The van der Waals surface area contributed by atoms with Gasteiger partial charge in [0, 0.05) is 29.9 Å². The summed E-state index contributed by atoms with van der Waals surface area (Å²) in [6.45, 7) is 5.27. The summed E-state index contributed by atoms with van der Waals surface area (Å²) >= 11 is 1.20. The number of hydrogen-bond donors (Lipinski definition) is 4. The maximum Gasteiger partial charge on any atom is 0.327 e. The first-order valence-electron chi connectivity index (χ1n) is 11.6. The van der Waals surface area contributed by atoms with Gasteiger partial charge in [0.2, 0.25) is 11.6 Å².